The first-order valence-corrected chi connectivity index (χ1v) is 15.5. The van der Waals surface area contributed by atoms with E-state index in [1.807, 2.05) is 58.3 Å². The summed E-state index contributed by atoms with van der Waals surface area (Å²) in [5.74, 6) is 1.13. The third-order valence-corrected chi connectivity index (χ3v) is 8.79. The van der Waals surface area contributed by atoms with Crippen LogP contribution in [0.2, 0.25) is 0 Å². The Morgan fingerprint density at radius 2 is 0.953 bits per heavy atom. The number of fused-ring (bicyclic) bond motifs is 2. The fraction of sp³-hybridized carbons (Fsp3) is 0.172. The predicted molar refractivity (Wildman–Crippen MR) is 148 cm³/mol. The number of nitrogens with zero attached hydrogens (tertiary/aromatic N) is 2. The van der Waals surface area contributed by atoms with Gasteiger partial charge in [0.05, 0.1) is 9.79 Å². The molecule has 14 heteroatoms. The zero-order valence-corrected chi connectivity index (χ0v) is 29.2. The molecule has 0 fully saturated rings. The predicted octanol–water partition coefficient (Wildman–Crippen LogP) is -2.19. The average Bonchev–Trinajstić information content (AvgIpc) is 2.96. The van der Waals surface area contributed by atoms with Crippen LogP contribution >= 0.6 is 0 Å². The van der Waals surface area contributed by atoms with Crippen molar-refractivity contribution in [3.05, 3.63) is 107 Å². The van der Waals surface area contributed by atoms with E-state index >= 15 is 0 Å². The molecule has 0 bridgehead atoms. The molecule has 43 heavy (non-hydrogen) atoms. The molecule has 0 saturated carbocycles. The van der Waals surface area contributed by atoms with Crippen LogP contribution in [0.4, 0.5) is 11.4 Å². The van der Waals surface area contributed by atoms with Crippen LogP contribution in [0, 0.1) is 0 Å². The molecule has 0 radical (unpaired) electrons. The molecule has 2 aliphatic heterocycles. The molecule has 4 aromatic rings. The number of ether oxygens (including phenoxy) is 2. The Kier molecular flexibility index (Phi) is 10.6. The number of benzene rings is 4. The summed E-state index contributed by atoms with van der Waals surface area (Å²) in [7, 11) is -9.09. The maximum Gasteiger partial charge on any atom is 1.00 e. The maximum absolute atomic E-state index is 11.4. The Bertz CT molecular complexity index is 1700. The number of hydrogen-bond acceptors (Lipinski definition) is 10. The second-order valence-electron chi connectivity index (χ2n) is 9.90. The van der Waals surface area contributed by atoms with E-state index in [1.165, 1.54) is 36.4 Å². The van der Waals surface area contributed by atoms with Crippen molar-refractivity contribution < 1.29 is 94.5 Å². The van der Waals surface area contributed by atoms with E-state index in [0.717, 1.165) is 22.5 Å². The molecule has 0 amide bonds. The number of hydrogen-bond donors (Lipinski definition) is 0. The molecule has 2 aliphatic rings. The summed E-state index contributed by atoms with van der Waals surface area (Å²) >= 11 is 0. The van der Waals surface area contributed by atoms with Gasteiger partial charge >= 0.3 is 59.1 Å². The van der Waals surface area contributed by atoms with Crippen molar-refractivity contribution in [1.29, 1.82) is 0 Å². The number of anilines is 2. The van der Waals surface area contributed by atoms with Crippen LogP contribution in [0.1, 0.15) is 22.3 Å². The normalized spacial score (nSPS) is 14.3. The first kappa shape index (κ1) is 33.8. The summed E-state index contributed by atoms with van der Waals surface area (Å²) in [4.78, 5) is 3.36. The fourth-order valence-electron chi connectivity index (χ4n) is 4.97. The summed E-state index contributed by atoms with van der Waals surface area (Å²) in [6.45, 7) is 1.43. The summed E-state index contributed by atoms with van der Waals surface area (Å²) in [5, 5.41) is 0. The largest absolute Gasteiger partial charge is 1.00 e. The van der Waals surface area contributed by atoms with Crippen LogP contribution in [0.5, 0.6) is 11.5 Å². The molecule has 6 rings (SSSR count). The van der Waals surface area contributed by atoms with Gasteiger partial charge in [0.25, 0.3) is 0 Å². The van der Waals surface area contributed by atoms with Crippen LogP contribution in [-0.4, -0.2) is 39.4 Å². The monoisotopic (exact) mass is 638 g/mol. The molecular weight excluding hydrogens is 614 g/mol. The van der Waals surface area contributed by atoms with Gasteiger partial charge in [-0.1, -0.05) is 24.3 Å². The van der Waals surface area contributed by atoms with Crippen LogP contribution in [0.3, 0.4) is 0 Å². The molecule has 0 saturated heterocycles. The second-order valence-corrected chi connectivity index (χ2v) is 12.7. The fourth-order valence-corrected chi connectivity index (χ4v) is 6.01. The van der Waals surface area contributed by atoms with Gasteiger partial charge in [-0.15, -0.1) is 0 Å². The summed E-state index contributed by atoms with van der Waals surface area (Å²) < 4.78 is 79.9. The van der Waals surface area contributed by atoms with E-state index in [2.05, 4.69) is 0 Å². The van der Waals surface area contributed by atoms with Gasteiger partial charge in [0.1, 0.15) is 31.7 Å². The van der Waals surface area contributed by atoms with Gasteiger partial charge in [-0.25, -0.2) is 16.8 Å². The quantitative estimate of drug-likeness (QED) is 0.169. The minimum atomic E-state index is -4.54. The van der Waals surface area contributed by atoms with Gasteiger partial charge in [0, 0.05) is 35.6 Å². The van der Waals surface area contributed by atoms with Crippen LogP contribution < -0.4 is 78.4 Å². The number of rotatable bonds is 6. The van der Waals surface area contributed by atoms with E-state index in [1.54, 1.807) is 0 Å². The molecule has 0 atom stereocenters. The maximum atomic E-state index is 11.4. The minimum Gasteiger partial charge on any atom is -0.744 e. The Labute approximate surface area is 294 Å². The molecule has 4 aromatic carbocycles. The minimum absolute atomic E-state index is 0. The van der Waals surface area contributed by atoms with Gasteiger partial charge in [-0.2, -0.15) is 0 Å². The summed E-state index contributed by atoms with van der Waals surface area (Å²) in [6, 6.07) is 24.3. The molecule has 10 nitrogen and oxygen atoms in total. The van der Waals surface area contributed by atoms with Gasteiger partial charge < -0.3 is 28.4 Å². The first-order chi connectivity index (χ1) is 19.5. The van der Waals surface area contributed by atoms with E-state index in [-0.39, 0.29) is 68.9 Å². The first-order valence-electron chi connectivity index (χ1n) is 12.6. The molecule has 0 spiro atoms. The SMILES string of the molecule is O=S(=O)([O-])c1ccc2c(c1)CN(c1ccc(Cc3ccc(N4COc5ccc(S(=O)(=O)[O-])cc5C4)cc3)cc1)CO2.[Na+].[Na+]. The van der Waals surface area contributed by atoms with Gasteiger partial charge in [-0.3, -0.25) is 0 Å². The Morgan fingerprint density at radius 3 is 1.30 bits per heavy atom. The zero-order valence-electron chi connectivity index (χ0n) is 23.6. The molecule has 0 unspecified atom stereocenters. The summed E-state index contributed by atoms with van der Waals surface area (Å²) in [5.41, 5.74) is 5.28. The second kappa shape index (κ2) is 13.5. The van der Waals surface area contributed by atoms with E-state index in [4.69, 9.17) is 9.47 Å². The van der Waals surface area contributed by atoms with E-state index < -0.39 is 20.2 Å². The third kappa shape index (κ3) is 7.77. The van der Waals surface area contributed by atoms with Crippen molar-refractivity contribution in [2.45, 2.75) is 29.3 Å². The summed E-state index contributed by atoms with van der Waals surface area (Å²) in [6.07, 6.45) is 0.703. The zero-order chi connectivity index (χ0) is 28.8. The standard InChI is InChI=1S/C29H26N2O8S2.2Na/c32-40(33,34)26-9-11-28-22(14-26)16-30(18-38-28)24-5-1-20(2-6-24)13-21-3-7-25(8-4-21)31-17-23-15-27(41(35,36)37)10-12-29(23)39-19-31;;/h1-12,14-15H,13,16-19H2,(H,32,33,34)(H,35,36,37);;/q;2*+1/p-2. The van der Waals surface area contributed by atoms with Crippen molar-refractivity contribution >= 4 is 31.6 Å². The molecule has 0 aliphatic carbocycles. The molecular formula is C29H24N2Na2O8S2. The van der Waals surface area contributed by atoms with Crippen molar-refractivity contribution in [1.82, 2.24) is 0 Å². The van der Waals surface area contributed by atoms with Crippen LogP contribution in [0.15, 0.2) is 94.7 Å². The molecule has 2 heterocycles. The molecule has 212 valence electrons. The van der Waals surface area contributed by atoms with Gasteiger partial charge in [0.2, 0.25) is 0 Å². The molecule has 0 aromatic heterocycles. The topological polar surface area (TPSA) is 139 Å². The van der Waals surface area contributed by atoms with Gasteiger partial charge in [-0.05, 0) is 78.2 Å². The van der Waals surface area contributed by atoms with Crippen molar-refractivity contribution in [2.75, 3.05) is 23.3 Å². The van der Waals surface area contributed by atoms with Gasteiger partial charge in [0.15, 0.2) is 13.5 Å². The van der Waals surface area contributed by atoms with E-state index in [0.29, 0.717) is 55.6 Å². The third-order valence-electron chi connectivity index (χ3n) is 7.13. The van der Waals surface area contributed by atoms with Crippen LogP contribution in [-0.2, 0) is 39.7 Å². The van der Waals surface area contributed by atoms with E-state index in [9.17, 15) is 25.9 Å². The van der Waals surface area contributed by atoms with Crippen molar-refractivity contribution in [3.63, 3.8) is 0 Å². The Balaban J connectivity index is 0.00000212. The van der Waals surface area contributed by atoms with Crippen LogP contribution in [0.25, 0.3) is 0 Å². The molecule has 0 N–H and O–H groups in total. The van der Waals surface area contributed by atoms with Crippen molar-refractivity contribution in [2.24, 2.45) is 0 Å². The smallest absolute Gasteiger partial charge is 0.744 e. The Morgan fingerprint density at radius 1 is 0.581 bits per heavy atom. The Hall–Kier alpha value is -2.10. The van der Waals surface area contributed by atoms with Crippen molar-refractivity contribution in [3.8, 4) is 11.5 Å². The average molecular weight is 639 g/mol.